The maximum Gasteiger partial charge on any atom is 0.161 e. The number of nitrogens with one attached hydrogen (secondary N) is 2. The zero-order chi connectivity index (χ0) is 10.8. The molecule has 5 heteroatoms. The van der Waals surface area contributed by atoms with Crippen LogP contribution in [0.25, 0.3) is 0 Å². The predicted molar refractivity (Wildman–Crippen MR) is 68.3 cm³/mol. The summed E-state index contributed by atoms with van der Waals surface area (Å²) < 4.78 is 11.1. The Hall–Kier alpha value is -0.970. The maximum atomic E-state index is 5.58. The molecule has 1 atom stereocenters. The van der Waals surface area contributed by atoms with Gasteiger partial charge in [-0.05, 0) is 17.7 Å². The van der Waals surface area contributed by atoms with Gasteiger partial charge in [0.15, 0.2) is 11.5 Å². The number of benzene rings is 1. The molecular formula is C12H17ClN2O2. The quantitative estimate of drug-likeness (QED) is 0.790. The van der Waals surface area contributed by atoms with Crippen molar-refractivity contribution in [3.05, 3.63) is 23.8 Å². The number of fused-ring (bicyclic) bond motifs is 1. The van der Waals surface area contributed by atoms with Gasteiger partial charge in [0.2, 0.25) is 0 Å². The fraction of sp³-hybridized carbons (Fsp3) is 0.500. The van der Waals surface area contributed by atoms with Gasteiger partial charge in [0.1, 0.15) is 13.2 Å². The minimum Gasteiger partial charge on any atom is -0.486 e. The Bertz CT molecular complexity index is 381. The highest BCUT2D eigenvalue weighted by Gasteiger charge is 2.18. The number of rotatable bonds is 1. The summed E-state index contributed by atoms with van der Waals surface area (Å²) in [5.41, 5.74) is 1.26. The average molecular weight is 257 g/mol. The summed E-state index contributed by atoms with van der Waals surface area (Å²) in [6.07, 6.45) is 0. The Labute approximate surface area is 107 Å². The third kappa shape index (κ3) is 2.65. The summed E-state index contributed by atoms with van der Waals surface area (Å²) in [5, 5.41) is 6.86. The first kappa shape index (κ1) is 12.5. The van der Waals surface area contributed by atoms with Crippen molar-refractivity contribution in [2.75, 3.05) is 32.8 Å². The summed E-state index contributed by atoms with van der Waals surface area (Å²) in [6, 6.07) is 6.57. The molecule has 17 heavy (non-hydrogen) atoms. The third-order valence-electron chi connectivity index (χ3n) is 3.01. The fourth-order valence-electron chi connectivity index (χ4n) is 2.17. The molecule has 0 aliphatic carbocycles. The van der Waals surface area contributed by atoms with Gasteiger partial charge in [-0.3, -0.25) is 0 Å². The number of ether oxygens (including phenoxy) is 2. The molecule has 4 nitrogen and oxygen atoms in total. The van der Waals surface area contributed by atoms with Crippen molar-refractivity contribution in [1.29, 1.82) is 0 Å². The lowest BCUT2D eigenvalue weighted by Gasteiger charge is -2.26. The highest BCUT2D eigenvalue weighted by Crippen LogP contribution is 2.32. The summed E-state index contributed by atoms with van der Waals surface area (Å²) in [4.78, 5) is 0. The molecule has 1 aromatic rings. The van der Waals surface area contributed by atoms with Crippen LogP contribution in [-0.4, -0.2) is 32.8 Å². The molecule has 2 aliphatic rings. The number of hydrogen-bond donors (Lipinski definition) is 2. The van der Waals surface area contributed by atoms with Gasteiger partial charge in [-0.25, -0.2) is 0 Å². The Balaban J connectivity index is 0.00000108. The first-order valence-corrected chi connectivity index (χ1v) is 5.77. The lowest BCUT2D eigenvalue weighted by Crippen LogP contribution is -2.42. The van der Waals surface area contributed by atoms with E-state index in [1.54, 1.807) is 0 Å². The van der Waals surface area contributed by atoms with Crippen molar-refractivity contribution in [2.24, 2.45) is 0 Å². The molecule has 0 unspecified atom stereocenters. The van der Waals surface area contributed by atoms with Gasteiger partial charge in [-0.1, -0.05) is 6.07 Å². The lowest BCUT2D eigenvalue weighted by molar-refractivity contribution is 0.171. The van der Waals surface area contributed by atoms with E-state index in [0.29, 0.717) is 19.3 Å². The molecule has 2 aliphatic heterocycles. The van der Waals surface area contributed by atoms with Gasteiger partial charge in [0.25, 0.3) is 0 Å². The molecule has 0 saturated carbocycles. The van der Waals surface area contributed by atoms with Gasteiger partial charge < -0.3 is 20.1 Å². The molecule has 0 aromatic heterocycles. The molecule has 94 valence electrons. The zero-order valence-corrected chi connectivity index (χ0v) is 10.4. The minimum atomic E-state index is 0. The molecule has 3 rings (SSSR count). The lowest BCUT2D eigenvalue weighted by atomic mass is 10.0. The fourth-order valence-corrected chi connectivity index (χ4v) is 2.17. The second-order valence-electron chi connectivity index (χ2n) is 4.11. The molecule has 0 radical (unpaired) electrons. The molecule has 2 N–H and O–H groups in total. The van der Waals surface area contributed by atoms with Gasteiger partial charge in [0, 0.05) is 25.7 Å². The molecular weight excluding hydrogens is 240 g/mol. The highest BCUT2D eigenvalue weighted by atomic mass is 35.5. The minimum absolute atomic E-state index is 0. The normalized spacial score (nSPS) is 22.7. The van der Waals surface area contributed by atoms with Gasteiger partial charge >= 0.3 is 0 Å². The van der Waals surface area contributed by atoms with Crippen molar-refractivity contribution < 1.29 is 9.47 Å². The van der Waals surface area contributed by atoms with E-state index in [9.17, 15) is 0 Å². The first-order chi connectivity index (χ1) is 7.93. The van der Waals surface area contributed by atoms with E-state index in [1.807, 2.05) is 6.07 Å². The second kappa shape index (κ2) is 5.58. The van der Waals surface area contributed by atoms with Gasteiger partial charge in [-0.2, -0.15) is 0 Å². The van der Waals surface area contributed by atoms with E-state index in [1.165, 1.54) is 5.56 Å². The van der Waals surface area contributed by atoms with Crippen LogP contribution in [-0.2, 0) is 0 Å². The zero-order valence-electron chi connectivity index (χ0n) is 9.57. The second-order valence-corrected chi connectivity index (χ2v) is 4.11. The van der Waals surface area contributed by atoms with Crippen LogP contribution >= 0.6 is 12.4 Å². The number of piperazine rings is 1. The predicted octanol–water partition coefficient (Wildman–Crippen LogP) is 1.11. The number of hydrogen-bond acceptors (Lipinski definition) is 4. The van der Waals surface area contributed by atoms with Crippen molar-refractivity contribution in [3.8, 4) is 11.5 Å². The highest BCUT2D eigenvalue weighted by molar-refractivity contribution is 5.85. The number of halogens is 1. The Morgan fingerprint density at radius 2 is 1.88 bits per heavy atom. The average Bonchev–Trinajstić information content (AvgIpc) is 2.39. The van der Waals surface area contributed by atoms with Crippen LogP contribution in [0.4, 0.5) is 0 Å². The van der Waals surface area contributed by atoms with Crippen LogP contribution in [0.3, 0.4) is 0 Å². The van der Waals surface area contributed by atoms with E-state index >= 15 is 0 Å². The molecule has 1 fully saturated rings. The van der Waals surface area contributed by atoms with E-state index in [4.69, 9.17) is 9.47 Å². The molecule has 2 heterocycles. The van der Waals surface area contributed by atoms with E-state index in [2.05, 4.69) is 22.8 Å². The molecule has 0 amide bonds. The Morgan fingerprint density at radius 3 is 2.65 bits per heavy atom. The van der Waals surface area contributed by atoms with Crippen LogP contribution in [0.5, 0.6) is 11.5 Å². The Morgan fingerprint density at radius 1 is 1.06 bits per heavy atom. The van der Waals surface area contributed by atoms with Crippen LogP contribution < -0.4 is 20.1 Å². The van der Waals surface area contributed by atoms with Gasteiger partial charge in [0.05, 0.1) is 0 Å². The van der Waals surface area contributed by atoms with Crippen LogP contribution in [0.1, 0.15) is 11.6 Å². The van der Waals surface area contributed by atoms with E-state index in [0.717, 1.165) is 31.1 Å². The Kier molecular flexibility index (Phi) is 4.10. The summed E-state index contributed by atoms with van der Waals surface area (Å²) >= 11 is 0. The van der Waals surface area contributed by atoms with Gasteiger partial charge in [-0.15, -0.1) is 12.4 Å². The molecule has 1 saturated heterocycles. The SMILES string of the molecule is Cl.c1cc2c(cc1[C@H]1CNCCN1)OCCO2. The smallest absolute Gasteiger partial charge is 0.161 e. The van der Waals surface area contributed by atoms with Crippen molar-refractivity contribution in [2.45, 2.75) is 6.04 Å². The van der Waals surface area contributed by atoms with Crippen LogP contribution in [0, 0.1) is 0 Å². The van der Waals surface area contributed by atoms with Crippen LogP contribution in [0.2, 0.25) is 0 Å². The van der Waals surface area contributed by atoms with E-state index in [-0.39, 0.29) is 12.4 Å². The largest absolute Gasteiger partial charge is 0.486 e. The monoisotopic (exact) mass is 256 g/mol. The summed E-state index contributed by atoms with van der Waals surface area (Å²) in [5.74, 6) is 1.73. The first-order valence-electron chi connectivity index (χ1n) is 5.77. The third-order valence-corrected chi connectivity index (χ3v) is 3.01. The van der Waals surface area contributed by atoms with Crippen molar-refractivity contribution in [3.63, 3.8) is 0 Å². The van der Waals surface area contributed by atoms with Crippen molar-refractivity contribution in [1.82, 2.24) is 10.6 Å². The molecule has 0 spiro atoms. The molecule has 1 aromatic carbocycles. The standard InChI is InChI=1S/C12H16N2O2.ClH/c1-2-11-12(16-6-5-15-11)7-9(1)10-8-13-3-4-14-10;/h1-2,7,10,13-14H,3-6,8H2;1H/t10-;/m1./s1. The summed E-state index contributed by atoms with van der Waals surface area (Å²) in [6.45, 7) is 4.32. The maximum absolute atomic E-state index is 5.58. The van der Waals surface area contributed by atoms with Crippen molar-refractivity contribution >= 4 is 12.4 Å². The van der Waals surface area contributed by atoms with Crippen LogP contribution in [0.15, 0.2) is 18.2 Å². The summed E-state index contributed by atoms with van der Waals surface area (Å²) in [7, 11) is 0. The molecule has 0 bridgehead atoms. The topological polar surface area (TPSA) is 42.5 Å². The van der Waals surface area contributed by atoms with E-state index < -0.39 is 0 Å².